The van der Waals surface area contributed by atoms with Crippen LogP contribution in [0.5, 0.6) is 0 Å². The van der Waals surface area contributed by atoms with Gasteiger partial charge in [-0.15, -0.1) is 0 Å². The van der Waals surface area contributed by atoms with E-state index in [4.69, 9.17) is 11.6 Å². The highest BCUT2D eigenvalue weighted by molar-refractivity contribution is 7.99. The van der Waals surface area contributed by atoms with E-state index in [-0.39, 0.29) is 5.28 Å². The van der Waals surface area contributed by atoms with Crippen molar-refractivity contribution >= 4 is 23.4 Å². The van der Waals surface area contributed by atoms with Crippen molar-refractivity contribution in [3.63, 3.8) is 0 Å². The van der Waals surface area contributed by atoms with E-state index in [1.54, 1.807) is 11.8 Å². The number of hydrogen-bond acceptors (Lipinski definition) is 3. The average molecular weight is 299 g/mol. The highest BCUT2D eigenvalue weighted by atomic mass is 35.5. The lowest BCUT2D eigenvalue weighted by atomic mass is 10.1. The Morgan fingerprint density at radius 3 is 2.15 bits per heavy atom. The second-order valence-electron chi connectivity index (χ2n) is 4.14. The van der Waals surface area contributed by atoms with Crippen LogP contribution in [0.4, 0.5) is 0 Å². The fourth-order valence-corrected chi connectivity index (χ4v) is 2.88. The molecule has 2 aromatic carbocycles. The van der Waals surface area contributed by atoms with Gasteiger partial charge in [-0.2, -0.15) is 0 Å². The van der Waals surface area contributed by atoms with Crippen molar-refractivity contribution < 1.29 is 0 Å². The second-order valence-corrected chi connectivity index (χ2v) is 5.57. The molecule has 0 spiro atoms. The molecule has 0 bridgehead atoms. The summed E-state index contributed by atoms with van der Waals surface area (Å²) in [6.07, 6.45) is 0. The Balaban J connectivity index is 1.95. The minimum atomic E-state index is 0.268. The van der Waals surface area contributed by atoms with E-state index in [1.165, 1.54) is 0 Å². The molecule has 20 heavy (non-hydrogen) atoms. The van der Waals surface area contributed by atoms with E-state index in [2.05, 4.69) is 9.97 Å². The van der Waals surface area contributed by atoms with E-state index in [9.17, 15) is 0 Å². The lowest BCUT2D eigenvalue weighted by Crippen LogP contribution is -1.90. The van der Waals surface area contributed by atoms with Crippen LogP contribution in [0.2, 0.25) is 5.28 Å². The molecule has 0 atom stereocenters. The molecule has 3 aromatic rings. The molecule has 3 rings (SSSR count). The van der Waals surface area contributed by atoms with E-state index >= 15 is 0 Å². The van der Waals surface area contributed by atoms with Crippen LogP contribution in [0.1, 0.15) is 0 Å². The second kappa shape index (κ2) is 6.07. The Kier molecular flexibility index (Phi) is 4.00. The molecule has 2 nitrogen and oxygen atoms in total. The summed E-state index contributed by atoms with van der Waals surface area (Å²) in [5.41, 5.74) is 1.87. The molecule has 1 heterocycles. The molecule has 0 aliphatic heterocycles. The molecule has 0 unspecified atom stereocenters. The molecule has 98 valence electrons. The minimum absolute atomic E-state index is 0.268. The highest BCUT2D eigenvalue weighted by Crippen LogP contribution is 2.29. The van der Waals surface area contributed by atoms with Crippen molar-refractivity contribution in [2.24, 2.45) is 0 Å². The Hall–Kier alpha value is -1.84. The van der Waals surface area contributed by atoms with Crippen LogP contribution in [0.15, 0.2) is 76.7 Å². The first-order valence-corrected chi connectivity index (χ1v) is 7.33. The van der Waals surface area contributed by atoms with E-state index in [1.807, 2.05) is 66.7 Å². The molecular weight excluding hydrogens is 288 g/mol. The van der Waals surface area contributed by atoms with Crippen LogP contribution in [-0.2, 0) is 0 Å². The van der Waals surface area contributed by atoms with E-state index < -0.39 is 0 Å². The monoisotopic (exact) mass is 298 g/mol. The summed E-state index contributed by atoms with van der Waals surface area (Å²) < 4.78 is 0. The zero-order valence-electron chi connectivity index (χ0n) is 10.5. The van der Waals surface area contributed by atoms with Crippen molar-refractivity contribution in [2.45, 2.75) is 9.92 Å². The van der Waals surface area contributed by atoms with Gasteiger partial charge in [0.25, 0.3) is 0 Å². The van der Waals surface area contributed by atoms with Gasteiger partial charge in [-0.25, -0.2) is 9.97 Å². The van der Waals surface area contributed by atoms with Crippen molar-refractivity contribution in [2.75, 3.05) is 0 Å². The number of halogens is 1. The summed E-state index contributed by atoms with van der Waals surface area (Å²) in [4.78, 5) is 9.68. The molecule has 0 N–H and O–H groups in total. The van der Waals surface area contributed by atoms with Crippen LogP contribution < -0.4 is 0 Å². The molecular formula is C16H11ClN2S. The van der Waals surface area contributed by atoms with Crippen molar-refractivity contribution in [1.29, 1.82) is 0 Å². The van der Waals surface area contributed by atoms with Gasteiger partial charge < -0.3 is 0 Å². The van der Waals surface area contributed by atoms with Crippen LogP contribution in [0.25, 0.3) is 11.3 Å². The van der Waals surface area contributed by atoms with Crippen molar-refractivity contribution in [3.05, 3.63) is 72.0 Å². The van der Waals surface area contributed by atoms with Crippen LogP contribution in [0.3, 0.4) is 0 Å². The van der Waals surface area contributed by atoms with E-state index in [0.29, 0.717) is 0 Å². The molecule has 0 amide bonds. The SMILES string of the molecule is Clc1nc(Sc2ccccc2)cc(-c2ccccc2)n1. The molecule has 0 saturated carbocycles. The Labute approximate surface area is 126 Å². The predicted octanol–water partition coefficient (Wildman–Crippen LogP) is 4.95. The zero-order valence-corrected chi connectivity index (χ0v) is 12.1. The van der Waals surface area contributed by atoms with E-state index in [0.717, 1.165) is 21.2 Å². The Morgan fingerprint density at radius 1 is 0.800 bits per heavy atom. The maximum Gasteiger partial charge on any atom is 0.224 e. The summed E-state index contributed by atoms with van der Waals surface area (Å²) in [6.45, 7) is 0. The molecule has 0 aliphatic carbocycles. The van der Waals surface area contributed by atoms with Gasteiger partial charge in [0.05, 0.1) is 5.69 Å². The number of nitrogens with zero attached hydrogens (tertiary/aromatic N) is 2. The zero-order chi connectivity index (χ0) is 13.8. The van der Waals surface area contributed by atoms with Gasteiger partial charge in [-0.05, 0) is 29.8 Å². The topological polar surface area (TPSA) is 25.8 Å². The number of hydrogen-bond donors (Lipinski definition) is 0. The number of aromatic nitrogens is 2. The fourth-order valence-electron chi connectivity index (χ4n) is 1.82. The van der Waals surface area contributed by atoms with Gasteiger partial charge >= 0.3 is 0 Å². The largest absolute Gasteiger partial charge is 0.224 e. The van der Waals surface area contributed by atoms with Crippen molar-refractivity contribution in [3.8, 4) is 11.3 Å². The molecule has 0 aliphatic rings. The van der Waals surface area contributed by atoms with Crippen LogP contribution in [0, 0.1) is 0 Å². The predicted molar refractivity (Wildman–Crippen MR) is 83.0 cm³/mol. The minimum Gasteiger partial charge on any atom is -0.218 e. The summed E-state index contributed by atoms with van der Waals surface area (Å²) in [5, 5.41) is 1.11. The molecule has 4 heteroatoms. The van der Waals surface area contributed by atoms with Gasteiger partial charge in [0.1, 0.15) is 5.03 Å². The van der Waals surface area contributed by atoms with Gasteiger partial charge in [-0.3, -0.25) is 0 Å². The molecule has 0 radical (unpaired) electrons. The highest BCUT2D eigenvalue weighted by Gasteiger charge is 2.06. The quantitative estimate of drug-likeness (QED) is 0.505. The first kappa shape index (κ1) is 13.2. The summed E-state index contributed by atoms with van der Waals surface area (Å²) in [7, 11) is 0. The third kappa shape index (κ3) is 3.18. The molecule has 0 fully saturated rings. The lowest BCUT2D eigenvalue weighted by molar-refractivity contribution is 1.05. The Bertz CT molecular complexity index is 702. The number of rotatable bonds is 3. The Morgan fingerprint density at radius 2 is 1.45 bits per heavy atom. The maximum absolute atomic E-state index is 6.03. The average Bonchev–Trinajstić information content (AvgIpc) is 2.49. The van der Waals surface area contributed by atoms with Gasteiger partial charge in [-0.1, -0.05) is 60.3 Å². The normalized spacial score (nSPS) is 10.4. The van der Waals surface area contributed by atoms with Gasteiger partial charge in [0.15, 0.2) is 0 Å². The van der Waals surface area contributed by atoms with Crippen LogP contribution in [-0.4, -0.2) is 9.97 Å². The third-order valence-electron chi connectivity index (χ3n) is 2.71. The molecule has 1 aromatic heterocycles. The summed E-state index contributed by atoms with van der Waals surface area (Å²) >= 11 is 7.61. The standard InChI is InChI=1S/C16H11ClN2S/c17-16-18-14(12-7-3-1-4-8-12)11-15(19-16)20-13-9-5-2-6-10-13/h1-11H. The van der Waals surface area contributed by atoms with Gasteiger partial charge in [0.2, 0.25) is 5.28 Å². The molecule has 0 saturated heterocycles. The van der Waals surface area contributed by atoms with Gasteiger partial charge in [0, 0.05) is 10.5 Å². The van der Waals surface area contributed by atoms with Crippen LogP contribution >= 0.6 is 23.4 Å². The van der Waals surface area contributed by atoms with Crippen molar-refractivity contribution in [1.82, 2.24) is 9.97 Å². The fraction of sp³-hybridized carbons (Fsp3) is 0. The lowest BCUT2D eigenvalue weighted by Gasteiger charge is -2.05. The maximum atomic E-state index is 6.03. The summed E-state index contributed by atoms with van der Waals surface area (Å²) in [6, 6.07) is 22.0. The first-order chi connectivity index (χ1) is 9.81. The third-order valence-corrected chi connectivity index (χ3v) is 3.81. The number of benzene rings is 2. The summed E-state index contributed by atoms with van der Waals surface area (Å²) in [5.74, 6) is 0. The first-order valence-electron chi connectivity index (χ1n) is 6.14. The smallest absolute Gasteiger partial charge is 0.218 e.